The number of aryl methyl sites for hydroxylation is 1. The first kappa shape index (κ1) is 15.9. The first-order valence-electron chi connectivity index (χ1n) is 7.17. The van der Waals surface area contributed by atoms with Crippen LogP contribution in [0.15, 0.2) is 16.3 Å². The number of nitrogens with one attached hydrogen (secondary N) is 1. The Hall–Kier alpha value is -0.430. The zero-order chi connectivity index (χ0) is 14.8. The predicted molar refractivity (Wildman–Crippen MR) is 83.7 cm³/mol. The van der Waals surface area contributed by atoms with Crippen molar-refractivity contribution in [2.24, 2.45) is 0 Å². The lowest BCUT2D eigenvalue weighted by Gasteiger charge is -2.38. The van der Waals surface area contributed by atoms with Crippen LogP contribution in [0, 0.1) is 6.92 Å². The summed E-state index contributed by atoms with van der Waals surface area (Å²) in [6.07, 6.45) is 4.51. The second-order valence-corrected chi connectivity index (χ2v) is 8.92. The van der Waals surface area contributed by atoms with Crippen LogP contribution in [0.5, 0.6) is 0 Å². The Labute approximate surface area is 126 Å². The highest BCUT2D eigenvalue weighted by Gasteiger charge is 2.38. The van der Waals surface area contributed by atoms with Gasteiger partial charge in [-0.1, -0.05) is 19.8 Å². The van der Waals surface area contributed by atoms with Crippen molar-refractivity contribution in [3.8, 4) is 0 Å². The maximum absolute atomic E-state index is 12.3. The van der Waals surface area contributed by atoms with Crippen LogP contribution in [0.1, 0.15) is 37.5 Å². The molecule has 0 spiro atoms. The van der Waals surface area contributed by atoms with Crippen LogP contribution in [0.4, 0.5) is 0 Å². The van der Waals surface area contributed by atoms with E-state index in [9.17, 15) is 8.42 Å². The number of hydrogen-bond acceptors (Lipinski definition) is 4. The molecule has 0 bridgehead atoms. The van der Waals surface area contributed by atoms with E-state index in [2.05, 4.69) is 23.6 Å². The molecule has 1 fully saturated rings. The molecule has 0 radical (unpaired) electrons. The molecule has 0 aliphatic heterocycles. The first-order valence-corrected chi connectivity index (χ1v) is 9.47. The van der Waals surface area contributed by atoms with Crippen LogP contribution >= 0.6 is 11.3 Å². The van der Waals surface area contributed by atoms with Gasteiger partial charge in [-0.2, -0.15) is 0 Å². The van der Waals surface area contributed by atoms with Gasteiger partial charge in [0.05, 0.1) is 0 Å². The van der Waals surface area contributed by atoms with Crippen LogP contribution in [0.2, 0.25) is 0 Å². The SMILES string of the molecule is CCN(C)C1(CNS(=O)(=O)c2ccc(C)s2)CCCC1. The molecule has 4 nitrogen and oxygen atoms in total. The maximum Gasteiger partial charge on any atom is 0.250 e. The van der Waals surface area contributed by atoms with Gasteiger partial charge >= 0.3 is 0 Å². The first-order chi connectivity index (χ1) is 9.39. The van der Waals surface area contributed by atoms with Crippen molar-refractivity contribution in [3.05, 3.63) is 17.0 Å². The van der Waals surface area contributed by atoms with E-state index in [1.165, 1.54) is 24.2 Å². The third kappa shape index (κ3) is 3.24. The van der Waals surface area contributed by atoms with Crippen molar-refractivity contribution in [2.45, 2.75) is 49.3 Å². The molecule has 1 saturated carbocycles. The maximum atomic E-state index is 12.3. The Kier molecular flexibility index (Phi) is 4.89. The van der Waals surface area contributed by atoms with Gasteiger partial charge in [-0.05, 0) is 45.5 Å². The fourth-order valence-corrected chi connectivity index (χ4v) is 5.37. The van der Waals surface area contributed by atoms with Crippen molar-refractivity contribution in [1.82, 2.24) is 9.62 Å². The van der Waals surface area contributed by atoms with Crippen LogP contribution in [-0.4, -0.2) is 39.0 Å². The fourth-order valence-electron chi connectivity index (χ4n) is 2.92. The van der Waals surface area contributed by atoms with E-state index in [4.69, 9.17) is 0 Å². The van der Waals surface area contributed by atoms with Gasteiger partial charge in [-0.3, -0.25) is 4.90 Å². The molecule has 0 amide bonds. The fraction of sp³-hybridized carbons (Fsp3) is 0.714. The van der Waals surface area contributed by atoms with E-state index in [0.29, 0.717) is 10.8 Å². The topological polar surface area (TPSA) is 49.4 Å². The lowest BCUT2D eigenvalue weighted by molar-refractivity contribution is 0.135. The van der Waals surface area contributed by atoms with Crippen LogP contribution in [0.25, 0.3) is 0 Å². The summed E-state index contributed by atoms with van der Waals surface area (Å²) in [6.45, 7) is 5.50. The molecule has 0 aromatic carbocycles. The summed E-state index contributed by atoms with van der Waals surface area (Å²) >= 11 is 1.33. The number of nitrogens with zero attached hydrogens (tertiary/aromatic N) is 1. The highest BCUT2D eigenvalue weighted by molar-refractivity contribution is 7.91. The van der Waals surface area contributed by atoms with Gasteiger partial charge in [-0.15, -0.1) is 11.3 Å². The van der Waals surface area contributed by atoms with Crippen molar-refractivity contribution in [2.75, 3.05) is 20.1 Å². The summed E-state index contributed by atoms with van der Waals surface area (Å²) in [5, 5.41) is 0. The summed E-state index contributed by atoms with van der Waals surface area (Å²) in [5.74, 6) is 0. The normalized spacial score (nSPS) is 18.8. The molecule has 114 valence electrons. The van der Waals surface area contributed by atoms with E-state index >= 15 is 0 Å². The monoisotopic (exact) mass is 316 g/mol. The summed E-state index contributed by atoms with van der Waals surface area (Å²) in [7, 11) is -1.27. The average Bonchev–Trinajstić information content (AvgIpc) is 3.05. The molecule has 1 aliphatic carbocycles. The lowest BCUT2D eigenvalue weighted by Crippen LogP contribution is -2.52. The number of hydrogen-bond donors (Lipinski definition) is 1. The summed E-state index contributed by atoms with van der Waals surface area (Å²) in [5.41, 5.74) is -0.00583. The standard InChI is InChI=1S/C14H24N2O2S2/c1-4-16(3)14(9-5-6-10-14)11-15-20(17,18)13-8-7-12(2)19-13/h7-8,15H,4-6,9-11H2,1-3H3. The van der Waals surface area contributed by atoms with E-state index < -0.39 is 10.0 Å². The summed E-state index contributed by atoms with van der Waals surface area (Å²) in [6, 6.07) is 3.54. The van der Waals surface area contributed by atoms with Crippen molar-refractivity contribution in [3.63, 3.8) is 0 Å². The minimum atomic E-state index is -3.36. The third-order valence-electron chi connectivity index (χ3n) is 4.39. The molecule has 20 heavy (non-hydrogen) atoms. The summed E-state index contributed by atoms with van der Waals surface area (Å²) < 4.78 is 27.9. The number of sulfonamides is 1. The molecule has 2 rings (SSSR count). The third-order valence-corrected chi connectivity index (χ3v) is 7.28. The van der Waals surface area contributed by atoms with Crippen molar-refractivity contribution in [1.29, 1.82) is 0 Å². The second-order valence-electron chi connectivity index (χ2n) is 5.64. The zero-order valence-electron chi connectivity index (χ0n) is 12.5. The van der Waals surface area contributed by atoms with Gasteiger partial charge in [0.15, 0.2) is 0 Å². The largest absolute Gasteiger partial charge is 0.300 e. The Balaban J connectivity index is 2.10. The van der Waals surface area contributed by atoms with Gasteiger partial charge < -0.3 is 0 Å². The van der Waals surface area contributed by atoms with E-state index in [1.54, 1.807) is 6.07 Å². The van der Waals surface area contributed by atoms with Crippen molar-refractivity contribution < 1.29 is 8.42 Å². The highest BCUT2D eigenvalue weighted by atomic mass is 32.2. The molecule has 1 N–H and O–H groups in total. The Bertz CT molecular complexity index is 545. The van der Waals surface area contributed by atoms with Crippen molar-refractivity contribution >= 4 is 21.4 Å². The minimum absolute atomic E-state index is 0.00583. The predicted octanol–water partition coefficient (Wildman–Crippen LogP) is 2.60. The number of rotatable bonds is 6. The van der Waals surface area contributed by atoms with E-state index in [-0.39, 0.29) is 5.54 Å². The molecule has 1 aromatic heterocycles. The number of thiophene rings is 1. The van der Waals surface area contributed by atoms with Gasteiger partial charge in [-0.25, -0.2) is 13.1 Å². The summed E-state index contributed by atoms with van der Waals surface area (Å²) in [4.78, 5) is 3.31. The van der Waals surface area contributed by atoms with Crippen LogP contribution in [0.3, 0.4) is 0 Å². The number of likely N-dealkylation sites (N-methyl/N-ethyl adjacent to an activating group) is 1. The zero-order valence-corrected chi connectivity index (χ0v) is 14.1. The molecule has 0 unspecified atom stereocenters. The molecule has 1 aromatic rings. The molecule has 0 saturated heterocycles. The minimum Gasteiger partial charge on any atom is -0.300 e. The van der Waals surface area contributed by atoms with E-state index in [1.807, 2.05) is 13.0 Å². The Morgan fingerprint density at radius 2 is 2.00 bits per heavy atom. The van der Waals surface area contributed by atoms with Gasteiger partial charge in [0.1, 0.15) is 4.21 Å². The van der Waals surface area contributed by atoms with Crippen LogP contribution in [-0.2, 0) is 10.0 Å². The molecular weight excluding hydrogens is 292 g/mol. The van der Waals surface area contributed by atoms with Gasteiger partial charge in [0, 0.05) is 17.0 Å². The highest BCUT2D eigenvalue weighted by Crippen LogP contribution is 2.34. The lowest BCUT2D eigenvalue weighted by atomic mass is 9.96. The van der Waals surface area contributed by atoms with Gasteiger partial charge in [0.25, 0.3) is 0 Å². The molecular formula is C14H24N2O2S2. The molecule has 1 aliphatic rings. The quantitative estimate of drug-likeness (QED) is 0.877. The Morgan fingerprint density at radius 1 is 1.35 bits per heavy atom. The average molecular weight is 316 g/mol. The van der Waals surface area contributed by atoms with Gasteiger partial charge in [0.2, 0.25) is 10.0 Å². The smallest absolute Gasteiger partial charge is 0.250 e. The Morgan fingerprint density at radius 3 is 2.50 bits per heavy atom. The molecule has 6 heteroatoms. The van der Waals surface area contributed by atoms with Crippen LogP contribution < -0.4 is 4.72 Å². The second kappa shape index (κ2) is 6.13. The molecule has 1 heterocycles. The van der Waals surface area contributed by atoms with E-state index in [0.717, 1.165) is 24.3 Å². The molecule has 0 atom stereocenters.